The molecule has 1 aromatic rings. The number of hydrogen-bond acceptors (Lipinski definition) is 5. The predicted octanol–water partition coefficient (Wildman–Crippen LogP) is 2.98. The van der Waals surface area contributed by atoms with E-state index < -0.39 is 35.9 Å². The van der Waals surface area contributed by atoms with Crippen LogP contribution in [0.3, 0.4) is 0 Å². The standard InChI is InChI=1S/C17H21BFNO4/c1-16(2)17(3,4)24-18(23-16)13(9-15(21)22-5)11-6-7-12(10-20)14(19)8-11/h6-8,13H,9H2,1-5H3. The normalized spacial score (nSPS) is 19.6. The maximum atomic E-state index is 14.0. The van der Waals surface area contributed by atoms with Gasteiger partial charge < -0.3 is 14.0 Å². The van der Waals surface area contributed by atoms with Gasteiger partial charge in [-0.3, -0.25) is 4.79 Å². The zero-order valence-corrected chi connectivity index (χ0v) is 14.6. The van der Waals surface area contributed by atoms with Gasteiger partial charge in [0.15, 0.2) is 0 Å². The Kier molecular flexibility index (Phi) is 5.02. The molecule has 1 unspecified atom stereocenters. The summed E-state index contributed by atoms with van der Waals surface area (Å²) >= 11 is 0. The van der Waals surface area contributed by atoms with Gasteiger partial charge in [-0.05, 0) is 45.4 Å². The van der Waals surface area contributed by atoms with E-state index in [1.165, 1.54) is 19.2 Å². The number of hydrogen-bond donors (Lipinski definition) is 0. The molecule has 1 atom stereocenters. The van der Waals surface area contributed by atoms with Crippen LogP contribution in [0.2, 0.25) is 0 Å². The molecule has 2 rings (SSSR count). The summed E-state index contributed by atoms with van der Waals surface area (Å²) in [6.45, 7) is 7.62. The van der Waals surface area contributed by atoms with Gasteiger partial charge in [0.2, 0.25) is 0 Å². The third-order valence-corrected chi connectivity index (χ3v) is 4.76. The fourth-order valence-corrected chi connectivity index (χ4v) is 2.54. The van der Waals surface area contributed by atoms with Gasteiger partial charge in [0.05, 0.1) is 30.3 Å². The number of nitrogens with zero attached hydrogens (tertiary/aromatic N) is 1. The van der Waals surface area contributed by atoms with E-state index in [1.807, 2.05) is 27.7 Å². The highest BCUT2D eigenvalue weighted by Gasteiger charge is 2.54. The average molecular weight is 333 g/mol. The Morgan fingerprint density at radius 1 is 1.33 bits per heavy atom. The topological polar surface area (TPSA) is 68.6 Å². The molecule has 0 spiro atoms. The molecule has 1 aliphatic heterocycles. The Labute approximate surface area is 141 Å². The van der Waals surface area contributed by atoms with Gasteiger partial charge in [-0.1, -0.05) is 6.07 Å². The summed E-state index contributed by atoms with van der Waals surface area (Å²) in [5.41, 5.74) is -0.672. The minimum absolute atomic E-state index is 0.0152. The zero-order chi connectivity index (χ0) is 18.1. The van der Waals surface area contributed by atoms with Gasteiger partial charge in [-0.2, -0.15) is 5.26 Å². The number of halogens is 1. The third kappa shape index (κ3) is 3.45. The molecular formula is C17H21BFNO4. The molecule has 1 aliphatic rings. The number of rotatable bonds is 4. The minimum Gasteiger partial charge on any atom is -0.469 e. The first-order valence-corrected chi connectivity index (χ1v) is 7.73. The summed E-state index contributed by atoms with van der Waals surface area (Å²) in [4.78, 5) is 11.8. The first-order chi connectivity index (χ1) is 11.1. The number of nitriles is 1. The number of carbonyl (C=O) groups is 1. The molecule has 5 nitrogen and oxygen atoms in total. The van der Waals surface area contributed by atoms with Crippen LogP contribution in [0, 0.1) is 17.1 Å². The highest BCUT2D eigenvalue weighted by molar-refractivity contribution is 6.48. The molecule has 1 fully saturated rings. The first kappa shape index (κ1) is 18.4. The second kappa shape index (κ2) is 6.54. The second-order valence-electron chi connectivity index (χ2n) is 6.86. The monoisotopic (exact) mass is 333 g/mol. The van der Waals surface area contributed by atoms with E-state index in [0.29, 0.717) is 5.56 Å². The predicted molar refractivity (Wildman–Crippen MR) is 86.6 cm³/mol. The van der Waals surface area contributed by atoms with Crippen LogP contribution in [0.1, 0.15) is 51.1 Å². The minimum atomic E-state index is -0.721. The van der Waals surface area contributed by atoms with Crippen LogP contribution in [0.15, 0.2) is 18.2 Å². The van der Waals surface area contributed by atoms with Crippen LogP contribution in [0.25, 0.3) is 0 Å². The number of methoxy groups -OCH3 is 1. The number of benzene rings is 1. The molecule has 1 heterocycles. The van der Waals surface area contributed by atoms with Crippen molar-refractivity contribution in [3.05, 3.63) is 35.1 Å². The highest BCUT2D eigenvalue weighted by atomic mass is 19.1. The number of esters is 1. The van der Waals surface area contributed by atoms with Crippen molar-refractivity contribution in [3.8, 4) is 6.07 Å². The summed E-state index contributed by atoms with van der Waals surface area (Å²) in [6, 6.07) is 6.03. The van der Waals surface area contributed by atoms with Gasteiger partial charge >= 0.3 is 13.1 Å². The lowest BCUT2D eigenvalue weighted by molar-refractivity contribution is -0.140. The molecule has 1 saturated heterocycles. The van der Waals surface area contributed by atoms with Crippen LogP contribution in [-0.2, 0) is 18.8 Å². The van der Waals surface area contributed by atoms with E-state index in [4.69, 9.17) is 19.3 Å². The SMILES string of the molecule is COC(=O)CC(B1OC(C)(C)C(C)(C)O1)c1ccc(C#N)c(F)c1. The molecule has 24 heavy (non-hydrogen) atoms. The van der Waals surface area contributed by atoms with Crippen molar-refractivity contribution in [2.75, 3.05) is 7.11 Å². The summed E-state index contributed by atoms with van der Waals surface area (Å²) in [7, 11) is 0.574. The van der Waals surface area contributed by atoms with Crippen molar-refractivity contribution in [1.82, 2.24) is 0 Å². The molecule has 0 saturated carbocycles. The molecular weight excluding hydrogens is 312 g/mol. The molecule has 0 amide bonds. The van der Waals surface area contributed by atoms with Gasteiger partial charge in [0.25, 0.3) is 0 Å². The fraction of sp³-hybridized carbons (Fsp3) is 0.529. The summed E-state index contributed by atoms with van der Waals surface area (Å²) in [6.07, 6.45) is -0.0152. The fourth-order valence-electron chi connectivity index (χ4n) is 2.54. The van der Waals surface area contributed by atoms with Crippen LogP contribution >= 0.6 is 0 Å². The largest absolute Gasteiger partial charge is 0.469 e. The zero-order valence-electron chi connectivity index (χ0n) is 14.6. The summed E-state index contributed by atoms with van der Waals surface area (Å²) in [5.74, 6) is -1.62. The maximum absolute atomic E-state index is 14.0. The van der Waals surface area contributed by atoms with Crippen LogP contribution < -0.4 is 0 Å². The maximum Gasteiger partial charge on any atom is 0.466 e. The van der Waals surface area contributed by atoms with E-state index >= 15 is 0 Å². The van der Waals surface area contributed by atoms with Crippen molar-refractivity contribution < 1.29 is 23.2 Å². The third-order valence-electron chi connectivity index (χ3n) is 4.76. The second-order valence-corrected chi connectivity index (χ2v) is 6.86. The lowest BCUT2D eigenvalue weighted by Crippen LogP contribution is -2.41. The molecule has 128 valence electrons. The van der Waals surface area contributed by atoms with Crippen LogP contribution in [0.5, 0.6) is 0 Å². The van der Waals surface area contributed by atoms with E-state index in [-0.39, 0.29) is 12.0 Å². The Morgan fingerprint density at radius 2 is 1.92 bits per heavy atom. The average Bonchev–Trinajstić information content (AvgIpc) is 2.72. The van der Waals surface area contributed by atoms with Crippen molar-refractivity contribution >= 4 is 13.1 Å². The molecule has 1 aromatic carbocycles. The van der Waals surface area contributed by atoms with Crippen molar-refractivity contribution in [3.63, 3.8) is 0 Å². The molecule has 0 bridgehead atoms. The van der Waals surface area contributed by atoms with Crippen LogP contribution in [-0.4, -0.2) is 31.4 Å². The number of ether oxygens (including phenoxy) is 1. The van der Waals surface area contributed by atoms with Crippen LogP contribution in [0.4, 0.5) is 4.39 Å². The van der Waals surface area contributed by atoms with Gasteiger partial charge in [-0.25, -0.2) is 4.39 Å². The van der Waals surface area contributed by atoms with Crippen molar-refractivity contribution in [2.24, 2.45) is 0 Å². The first-order valence-electron chi connectivity index (χ1n) is 7.73. The molecule has 0 aromatic heterocycles. The van der Waals surface area contributed by atoms with Gasteiger partial charge in [-0.15, -0.1) is 0 Å². The Bertz CT molecular complexity index is 668. The lowest BCUT2D eigenvalue weighted by atomic mass is 9.66. The van der Waals surface area contributed by atoms with E-state index in [2.05, 4.69) is 0 Å². The van der Waals surface area contributed by atoms with Gasteiger partial charge in [0, 0.05) is 5.82 Å². The molecule has 0 aliphatic carbocycles. The van der Waals surface area contributed by atoms with Crippen molar-refractivity contribution in [2.45, 2.75) is 51.1 Å². The smallest absolute Gasteiger partial charge is 0.466 e. The number of carbonyl (C=O) groups excluding carboxylic acids is 1. The van der Waals surface area contributed by atoms with Crippen molar-refractivity contribution in [1.29, 1.82) is 5.26 Å². The molecule has 0 radical (unpaired) electrons. The van der Waals surface area contributed by atoms with E-state index in [9.17, 15) is 9.18 Å². The summed E-state index contributed by atoms with van der Waals surface area (Å²) < 4.78 is 30.8. The highest BCUT2D eigenvalue weighted by Crippen LogP contribution is 2.42. The summed E-state index contributed by atoms with van der Waals surface area (Å²) in [5, 5.41) is 8.87. The quantitative estimate of drug-likeness (QED) is 0.626. The van der Waals surface area contributed by atoms with E-state index in [1.54, 1.807) is 12.1 Å². The Hall–Kier alpha value is -1.91. The van der Waals surface area contributed by atoms with E-state index in [0.717, 1.165) is 0 Å². The molecule has 7 heteroatoms. The Morgan fingerprint density at radius 3 is 2.38 bits per heavy atom. The Balaban J connectivity index is 2.38. The lowest BCUT2D eigenvalue weighted by Gasteiger charge is -2.32. The molecule has 0 N–H and O–H groups in total. The van der Waals surface area contributed by atoms with Gasteiger partial charge in [0.1, 0.15) is 11.9 Å².